The number of nitrogens with one attached hydrogen (secondary N) is 2. The first-order valence-electron chi connectivity index (χ1n) is 6.63. The number of nitrogens with zero attached hydrogens (tertiary/aromatic N) is 1. The van der Waals surface area contributed by atoms with Crippen molar-refractivity contribution >= 4 is 11.9 Å². The van der Waals surface area contributed by atoms with E-state index in [2.05, 4.69) is 29.4 Å². The van der Waals surface area contributed by atoms with E-state index in [0.717, 1.165) is 25.9 Å². The predicted molar refractivity (Wildman–Crippen MR) is 70.1 cm³/mol. The van der Waals surface area contributed by atoms with Gasteiger partial charge in [0, 0.05) is 38.1 Å². The summed E-state index contributed by atoms with van der Waals surface area (Å²) in [4.78, 5) is 24.3. The average molecular weight is 256 g/mol. The largest absolute Gasteiger partial charge is 0.351 e. The molecule has 1 aliphatic heterocycles. The van der Waals surface area contributed by atoms with Gasteiger partial charge in [0.25, 0.3) is 0 Å². The molecule has 0 aromatic carbocycles. The first kappa shape index (κ1) is 14.9. The molecule has 2 unspecified atom stereocenters. The smallest absolute Gasteiger partial charge is 0.318 e. The minimum atomic E-state index is -0.779. The summed E-state index contributed by atoms with van der Waals surface area (Å²) in [6.07, 6.45) is 2.46. The molecule has 6 nitrogen and oxygen atoms in total. The zero-order valence-electron chi connectivity index (χ0n) is 11.2. The van der Waals surface area contributed by atoms with Crippen molar-refractivity contribution in [1.29, 1.82) is 0 Å². The summed E-state index contributed by atoms with van der Waals surface area (Å²) < 4.78 is 0. The van der Waals surface area contributed by atoms with E-state index in [4.69, 9.17) is 5.73 Å². The molecule has 0 aliphatic carbocycles. The molecule has 1 heterocycles. The van der Waals surface area contributed by atoms with E-state index >= 15 is 0 Å². The third kappa shape index (κ3) is 4.62. The highest BCUT2D eigenvalue weighted by Crippen LogP contribution is 2.12. The topological polar surface area (TPSA) is 87.5 Å². The van der Waals surface area contributed by atoms with E-state index in [1.54, 1.807) is 0 Å². The summed E-state index contributed by atoms with van der Waals surface area (Å²) in [5, 5.41) is 5.60. The van der Waals surface area contributed by atoms with Crippen LogP contribution in [0.4, 0.5) is 4.79 Å². The Bertz CT molecular complexity index is 296. The Hall–Kier alpha value is -1.14. The van der Waals surface area contributed by atoms with Crippen molar-refractivity contribution in [2.45, 2.75) is 45.2 Å². The Morgan fingerprint density at radius 2 is 2.11 bits per heavy atom. The Morgan fingerprint density at radius 1 is 1.39 bits per heavy atom. The molecule has 0 saturated carbocycles. The SMILES string of the molecule is CCC1CN(CCC(=O)NC(N)=O)C(CC)CN1. The van der Waals surface area contributed by atoms with Crippen LogP contribution in [0.25, 0.3) is 0 Å². The molecule has 2 atom stereocenters. The summed E-state index contributed by atoms with van der Waals surface area (Å²) >= 11 is 0. The zero-order chi connectivity index (χ0) is 13.5. The summed E-state index contributed by atoms with van der Waals surface area (Å²) in [6.45, 7) is 6.90. The molecule has 0 aromatic rings. The van der Waals surface area contributed by atoms with Crippen LogP contribution in [-0.2, 0) is 4.79 Å². The number of primary amides is 1. The summed E-state index contributed by atoms with van der Waals surface area (Å²) in [7, 11) is 0. The van der Waals surface area contributed by atoms with Gasteiger partial charge in [0.2, 0.25) is 5.91 Å². The zero-order valence-corrected chi connectivity index (χ0v) is 11.2. The maximum atomic E-state index is 11.4. The Kier molecular flexibility index (Phi) is 6.07. The molecule has 1 fully saturated rings. The van der Waals surface area contributed by atoms with E-state index in [-0.39, 0.29) is 5.91 Å². The van der Waals surface area contributed by atoms with Gasteiger partial charge in [-0.15, -0.1) is 0 Å². The summed E-state index contributed by atoms with van der Waals surface area (Å²) in [6, 6.07) is 0.181. The number of carbonyl (C=O) groups excluding carboxylic acids is 2. The lowest BCUT2D eigenvalue weighted by molar-refractivity contribution is -0.120. The van der Waals surface area contributed by atoms with Gasteiger partial charge in [0.15, 0.2) is 0 Å². The fraction of sp³-hybridized carbons (Fsp3) is 0.833. The predicted octanol–water partition coefficient (Wildman–Crippen LogP) is 0.0338. The summed E-state index contributed by atoms with van der Waals surface area (Å²) in [5.41, 5.74) is 4.90. The lowest BCUT2D eigenvalue weighted by atomic mass is 10.0. The Labute approximate surface area is 108 Å². The fourth-order valence-electron chi connectivity index (χ4n) is 2.32. The molecule has 6 heteroatoms. The van der Waals surface area contributed by atoms with Crippen LogP contribution in [0.5, 0.6) is 0 Å². The Balaban J connectivity index is 2.41. The molecular weight excluding hydrogens is 232 g/mol. The van der Waals surface area contributed by atoms with E-state index < -0.39 is 6.03 Å². The van der Waals surface area contributed by atoms with Crippen LogP contribution in [0.15, 0.2) is 0 Å². The monoisotopic (exact) mass is 256 g/mol. The number of urea groups is 1. The van der Waals surface area contributed by atoms with Crippen molar-refractivity contribution in [2.75, 3.05) is 19.6 Å². The third-order valence-corrected chi connectivity index (χ3v) is 3.47. The molecule has 0 radical (unpaired) electrons. The molecule has 1 aliphatic rings. The number of hydrogen-bond acceptors (Lipinski definition) is 4. The highest BCUT2D eigenvalue weighted by molar-refractivity contribution is 5.93. The van der Waals surface area contributed by atoms with Gasteiger partial charge in [-0.05, 0) is 12.8 Å². The third-order valence-electron chi connectivity index (χ3n) is 3.47. The number of hydrogen-bond donors (Lipinski definition) is 3. The van der Waals surface area contributed by atoms with Crippen LogP contribution >= 0.6 is 0 Å². The highest BCUT2D eigenvalue weighted by atomic mass is 16.2. The minimum absolute atomic E-state index is 0.302. The molecule has 0 bridgehead atoms. The molecule has 0 spiro atoms. The quantitative estimate of drug-likeness (QED) is 0.648. The molecule has 0 aromatic heterocycles. The Morgan fingerprint density at radius 3 is 2.67 bits per heavy atom. The van der Waals surface area contributed by atoms with Crippen molar-refractivity contribution in [3.05, 3.63) is 0 Å². The number of piperazine rings is 1. The number of amides is 3. The van der Waals surface area contributed by atoms with Crippen LogP contribution in [0.1, 0.15) is 33.1 Å². The first-order chi connectivity index (χ1) is 8.56. The fourth-order valence-corrected chi connectivity index (χ4v) is 2.32. The van der Waals surface area contributed by atoms with Crippen molar-refractivity contribution in [1.82, 2.24) is 15.5 Å². The molecule has 1 saturated heterocycles. The number of imide groups is 1. The van der Waals surface area contributed by atoms with Gasteiger partial charge >= 0.3 is 6.03 Å². The highest BCUT2D eigenvalue weighted by Gasteiger charge is 2.25. The van der Waals surface area contributed by atoms with E-state index in [0.29, 0.717) is 25.0 Å². The minimum Gasteiger partial charge on any atom is -0.351 e. The summed E-state index contributed by atoms with van der Waals surface area (Å²) in [5.74, 6) is -0.302. The molecule has 104 valence electrons. The molecule has 1 rings (SSSR count). The second-order valence-corrected chi connectivity index (χ2v) is 4.73. The maximum Gasteiger partial charge on any atom is 0.318 e. The average Bonchev–Trinajstić information content (AvgIpc) is 2.35. The standard InChI is InChI=1S/C12H24N4O2/c1-3-9-8-16(10(4-2)7-14-9)6-5-11(17)15-12(13)18/h9-10,14H,3-8H2,1-2H3,(H3,13,15,17,18). The molecule has 18 heavy (non-hydrogen) atoms. The van der Waals surface area contributed by atoms with Gasteiger partial charge in [-0.1, -0.05) is 13.8 Å². The van der Waals surface area contributed by atoms with Crippen LogP contribution in [0, 0.1) is 0 Å². The normalized spacial score (nSPS) is 24.8. The number of carbonyl (C=O) groups is 2. The number of nitrogens with two attached hydrogens (primary N) is 1. The van der Waals surface area contributed by atoms with Crippen molar-refractivity contribution in [3.63, 3.8) is 0 Å². The lowest BCUT2D eigenvalue weighted by Gasteiger charge is -2.39. The van der Waals surface area contributed by atoms with Crippen LogP contribution in [-0.4, -0.2) is 48.6 Å². The van der Waals surface area contributed by atoms with Gasteiger partial charge in [-0.2, -0.15) is 0 Å². The molecular formula is C12H24N4O2. The number of rotatable bonds is 5. The van der Waals surface area contributed by atoms with Crippen molar-refractivity contribution < 1.29 is 9.59 Å². The maximum absolute atomic E-state index is 11.4. The van der Waals surface area contributed by atoms with Crippen molar-refractivity contribution in [3.8, 4) is 0 Å². The molecule has 4 N–H and O–H groups in total. The van der Waals surface area contributed by atoms with Crippen LogP contribution in [0.2, 0.25) is 0 Å². The molecule has 3 amide bonds. The van der Waals surface area contributed by atoms with Crippen LogP contribution in [0.3, 0.4) is 0 Å². The van der Waals surface area contributed by atoms with Gasteiger partial charge in [0.1, 0.15) is 0 Å². The van der Waals surface area contributed by atoms with Gasteiger partial charge in [-0.25, -0.2) is 4.79 Å². The van der Waals surface area contributed by atoms with Gasteiger partial charge in [-0.3, -0.25) is 15.0 Å². The van der Waals surface area contributed by atoms with Crippen LogP contribution < -0.4 is 16.4 Å². The van der Waals surface area contributed by atoms with Crippen molar-refractivity contribution in [2.24, 2.45) is 5.73 Å². The van der Waals surface area contributed by atoms with E-state index in [1.807, 2.05) is 0 Å². The second kappa shape index (κ2) is 7.33. The second-order valence-electron chi connectivity index (χ2n) is 4.73. The van der Waals surface area contributed by atoms with Gasteiger partial charge < -0.3 is 11.1 Å². The lowest BCUT2D eigenvalue weighted by Crippen LogP contribution is -2.56. The van der Waals surface area contributed by atoms with Gasteiger partial charge in [0.05, 0.1) is 0 Å². The van der Waals surface area contributed by atoms with E-state index in [9.17, 15) is 9.59 Å². The first-order valence-corrected chi connectivity index (χ1v) is 6.63. The van der Waals surface area contributed by atoms with E-state index in [1.165, 1.54) is 0 Å².